The van der Waals surface area contributed by atoms with Crippen LogP contribution in [0.1, 0.15) is 81.0 Å². The summed E-state index contributed by atoms with van der Waals surface area (Å²) in [6, 6.07) is 7.18. The lowest BCUT2D eigenvalue weighted by Crippen LogP contribution is -2.48. The number of benzene rings is 1. The standard InChI is InChI=1S/C26H30N6O4S.3C2H6/c1-5-36-22-12-19(26(35)32-10-8-31(16-33)9-11-32)6-7-20(22)29-23-13-21(17(2)14-27-23)30(4)25-24(18(3)34)37-15-28-25;3*1-2/h6-7,12-16H,5,8-11H2,1-4H3,(H,27,29);3*1-2H3. The minimum absolute atomic E-state index is 0.0315. The van der Waals surface area contributed by atoms with Crippen LogP contribution in [0.15, 0.2) is 36.0 Å². The number of anilines is 4. The molecule has 2 aromatic heterocycles. The van der Waals surface area contributed by atoms with Crippen molar-refractivity contribution in [2.24, 2.45) is 0 Å². The van der Waals surface area contributed by atoms with Crippen LogP contribution in [-0.2, 0) is 4.79 Å². The van der Waals surface area contributed by atoms with Crippen LogP contribution in [0.3, 0.4) is 0 Å². The van der Waals surface area contributed by atoms with Gasteiger partial charge in [0.1, 0.15) is 16.4 Å². The van der Waals surface area contributed by atoms with E-state index in [1.165, 1.54) is 18.3 Å². The van der Waals surface area contributed by atoms with E-state index in [-0.39, 0.29) is 11.7 Å². The van der Waals surface area contributed by atoms with Crippen molar-refractivity contribution in [3.05, 3.63) is 52.0 Å². The first-order valence-electron chi connectivity index (χ1n) is 15.0. The second-order valence-corrected chi connectivity index (χ2v) is 9.53. The van der Waals surface area contributed by atoms with E-state index >= 15 is 0 Å². The zero-order valence-electron chi connectivity index (χ0n) is 27.4. The van der Waals surface area contributed by atoms with Gasteiger partial charge in [0.05, 0.1) is 23.5 Å². The van der Waals surface area contributed by atoms with Crippen molar-refractivity contribution >= 4 is 52.4 Å². The Bertz CT molecular complexity index is 1300. The molecule has 3 heterocycles. The number of piperazine rings is 1. The topological polar surface area (TPSA) is 108 Å². The van der Waals surface area contributed by atoms with E-state index in [1.54, 1.807) is 39.7 Å². The van der Waals surface area contributed by atoms with Gasteiger partial charge in [-0.2, -0.15) is 0 Å². The van der Waals surface area contributed by atoms with E-state index < -0.39 is 0 Å². The molecule has 0 aliphatic carbocycles. The van der Waals surface area contributed by atoms with E-state index in [2.05, 4.69) is 15.3 Å². The second-order valence-electron chi connectivity index (χ2n) is 8.68. The second kappa shape index (κ2) is 19.2. The molecule has 11 heteroatoms. The first kappa shape index (κ1) is 37.0. The highest BCUT2D eigenvalue weighted by atomic mass is 32.1. The molecular weight excluding hydrogens is 564 g/mol. The Kier molecular flexibility index (Phi) is 16.6. The van der Waals surface area contributed by atoms with Crippen molar-refractivity contribution in [2.45, 2.75) is 62.3 Å². The molecule has 236 valence electrons. The Labute approximate surface area is 261 Å². The van der Waals surface area contributed by atoms with Crippen LogP contribution in [0.5, 0.6) is 5.75 Å². The third kappa shape index (κ3) is 9.77. The molecule has 0 radical (unpaired) electrons. The maximum absolute atomic E-state index is 13.1. The summed E-state index contributed by atoms with van der Waals surface area (Å²) >= 11 is 1.32. The van der Waals surface area contributed by atoms with E-state index in [9.17, 15) is 14.4 Å². The number of carbonyl (C=O) groups excluding carboxylic acids is 3. The van der Waals surface area contributed by atoms with Gasteiger partial charge in [-0.1, -0.05) is 41.5 Å². The Morgan fingerprint density at radius 2 is 1.70 bits per heavy atom. The van der Waals surface area contributed by atoms with Crippen LogP contribution in [0.25, 0.3) is 0 Å². The Morgan fingerprint density at radius 3 is 2.28 bits per heavy atom. The quantitative estimate of drug-likeness (QED) is 0.204. The average Bonchev–Trinajstić information content (AvgIpc) is 3.56. The maximum atomic E-state index is 13.1. The highest BCUT2D eigenvalue weighted by Gasteiger charge is 2.23. The fourth-order valence-corrected chi connectivity index (χ4v) is 4.88. The fourth-order valence-electron chi connectivity index (χ4n) is 4.16. The zero-order valence-corrected chi connectivity index (χ0v) is 28.2. The first-order valence-corrected chi connectivity index (χ1v) is 15.9. The van der Waals surface area contributed by atoms with Crippen molar-refractivity contribution in [1.82, 2.24) is 19.8 Å². The van der Waals surface area contributed by atoms with Crippen molar-refractivity contribution in [2.75, 3.05) is 50.1 Å². The van der Waals surface area contributed by atoms with Gasteiger partial charge >= 0.3 is 0 Å². The Hall–Kier alpha value is -3.99. The number of Topliss-reactive ketones (excluding diaryl/α,β-unsaturated/α-hetero) is 1. The van der Waals surface area contributed by atoms with Gasteiger partial charge in [0, 0.05) is 58.0 Å². The lowest BCUT2D eigenvalue weighted by molar-refractivity contribution is -0.119. The van der Waals surface area contributed by atoms with Crippen molar-refractivity contribution < 1.29 is 19.1 Å². The number of ether oxygens (including phenoxy) is 1. The molecule has 10 nitrogen and oxygen atoms in total. The van der Waals surface area contributed by atoms with Crippen LogP contribution in [0, 0.1) is 6.92 Å². The fraction of sp³-hybridized carbons (Fsp3) is 0.469. The van der Waals surface area contributed by atoms with Crippen molar-refractivity contribution in [3.63, 3.8) is 0 Å². The molecule has 1 aromatic carbocycles. The molecule has 2 amide bonds. The van der Waals surface area contributed by atoms with Gasteiger partial charge in [0.15, 0.2) is 11.6 Å². The van der Waals surface area contributed by atoms with Crippen LogP contribution < -0.4 is 15.0 Å². The number of aromatic nitrogens is 2. The number of nitrogens with zero attached hydrogens (tertiary/aromatic N) is 5. The van der Waals surface area contributed by atoms with Gasteiger partial charge in [-0.3, -0.25) is 14.4 Å². The van der Waals surface area contributed by atoms with E-state index in [0.29, 0.717) is 66.3 Å². The summed E-state index contributed by atoms with van der Waals surface area (Å²) in [5, 5.41) is 3.30. The third-order valence-corrected chi connectivity index (χ3v) is 7.08. The van der Waals surface area contributed by atoms with Gasteiger partial charge in [-0.05, 0) is 37.6 Å². The smallest absolute Gasteiger partial charge is 0.254 e. The number of hydrogen-bond acceptors (Lipinski definition) is 9. The number of nitrogens with one attached hydrogen (secondary N) is 1. The van der Waals surface area contributed by atoms with Crippen LogP contribution in [-0.4, -0.2) is 77.7 Å². The zero-order chi connectivity index (χ0) is 32.5. The Morgan fingerprint density at radius 1 is 1.05 bits per heavy atom. The summed E-state index contributed by atoms with van der Waals surface area (Å²) in [6.07, 6.45) is 2.57. The lowest BCUT2D eigenvalue weighted by atomic mass is 10.1. The predicted molar refractivity (Wildman–Crippen MR) is 178 cm³/mol. The van der Waals surface area contributed by atoms with Crippen LogP contribution in [0.4, 0.5) is 23.0 Å². The van der Waals surface area contributed by atoms with E-state index in [1.807, 2.05) is 73.4 Å². The van der Waals surface area contributed by atoms with Crippen molar-refractivity contribution in [1.29, 1.82) is 0 Å². The summed E-state index contributed by atoms with van der Waals surface area (Å²) in [5.41, 5.74) is 4.64. The predicted octanol–water partition coefficient (Wildman–Crippen LogP) is 6.95. The highest BCUT2D eigenvalue weighted by Crippen LogP contribution is 2.34. The molecule has 1 aliphatic rings. The summed E-state index contributed by atoms with van der Waals surface area (Å²) in [5.74, 6) is 1.59. The van der Waals surface area contributed by atoms with Gasteiger partial charge in [0.2, 0.25) is 6.41 Å². The average molecular weight is 613 g/mol. The van der Waals surface area contributed by atoms with E-state index in [4.69, 9.17) is 4.74 Å². The molecule has 1 fully saturated rings. The largest absolute Gasteiger partial charge is 0.492 e. The molecule has 1 aliphatic heterocycles. The number of aryl methyl sites for hydroxylation is 1. The minimum atomic E-state index is -0.0973. The summed E-state index contributed by atoms with van der Waals surface area (Å²) < 4.78 is 5.85. The number of amides is 2. The van der Waals surface area contributed by atoms with Crippen LogP contribution >= 0.6 is 11.3 Å². The molecular formula is C32H48N6O4S. The SMILES string of the molecule is CC.CC.CC.CCOc1cc(C(=O)N2CCN(C=O)CC2)ccc1Nc1cc(N(C)c2ncsc2C(C)=O)c(C)cn1. The molecule has 0 spiro atoms. The van der Waals surface area contributed by atoms with Gasteiger partial charge in [-0.15, -0.1) is 11.3 Å². The summed E-state index contributed by atoms with van der Waals surface area (Å²) in [6.45, 7) is 19.8. The highest BCUT2D eigenvalue weighted by molar-refractivity contribution is 7.12. The number of pyridine rings is 1. The number of ketones is 1. The van der Waals surface area contributed by atoms with Crippen LogP contribution in [0.2, 0.25) is 0 Å². The molecule has 0 atom stereocenters. The lowest BCUT2D eigenvalue weighted by Gasteiger charge is -2.32. The number of thiazole rings is 1. The maximum Gasteiger partial charge on any atom is 0.254 e. The van der Waals surface area contributed by atoms with Crippen molar-refractivity contribution in [3.8, 4) is 5.75 Å². The summed E-state index contributed by atoms with van der Waals surface area (Å²) in [7, 11) is 1.87. The number of hydrogen-bond donors (Lipinski definition) is 1. The van der Waals surface area contributed by atoms with E-state index in [0.717, 1.165) is 17.7 Å². The molecule has 0 bridgehead atoms. The molecule has 4 rings (SSSR count). The van der Waals surface area contributed by atoms with Gasteiger partial charge < -0.3 is 24.8 Å². The molecule has 0 saturated carbocycles. The normalized spacial score (nSPS) is 11.9. The molecule has 1 saturated heterocycles. The third-order valence-electron chi connectivity index (χ3n) is 6.16. The Balaban J connectivity index is 0.00000145. The number of carbonyl (C=O) groups is 3. The molecule has 1 N–H and O–H groups in total. The minimum Gasteiger partial charge on any atom is -0.492 e. The number of rotatable bonds is 9. The molecule has 3 aromatic rings. The monoisotopic (exact) mass is 612 g/mol. The van der Waals surface area contributed by atoms with Gasteiger partial charge in [0.25, 0.3) is 5.91 Å². The molecule has 0 unspecified atom stereocenters. The van der Waals surface area contributed by atoms with Gasteiger partial charge in [-0.25, -0.2) is 9.97 Å². The first-order chi connectivity index (χ1) is 20.8. The summed E-state index contributed by atoms with van der Waals surface area (Å²) in [4.78, 5) is 50.8. The molecule has 43 heavy (non-hydrogen) atoms.